The lowest BCUT2D eigenvalue weighted by Crippen LogP contribution is -2.31. The van der Waals surface area contributed by atoms with E-state index in [1.807, 2.05) is 0 Å². The summed E-state index contributed by atoms with van der Waals surface area (Å²) >= 11 is 0. The Morgan fingerprint density at radius 3 is 2.95 bits per heavy atom. The predicted molar refractivity (Wildman–Crippen MR) is 67.1 cm³/mol. The predicted octanol–water partition coefficient (Wildman–Crippen LogP) is -1.00. The number of aromatic amines is 1. The smallest absolute Gasteiger partial charge is 0.330 e. The lowest BCUT2D eigenvalue weighted by Gasteiger charge is -2.15. The van der Waals surface area contributed by atoms with E-state index < -0.39 is 29.6 Å². The number of nitrogens with one attached hydrogen (secondary N) is 1. The second kappa shape index (κ2) is 6.02. The number of aromatic nitrogens is 2. The third-order valence-corrected chi connectivity index (χ3v) is 3.20. The van der Waals surface area contributed by atoms with Gasteiger partial charge in [-0.1, -0.05) is 0 Å². The summed E-state index contributed by atoms with van der Waals surface area (Å²) in [5, 5.41) is 9.27. The largest absolute Gasteiger partial charge is 0.465 e. The molecule has 0 radical (unpaired) electrons. The lowest BCUT2D eigenvalue weighted by molar-refractivity contribution is -0.143. The van der Waals surface area contributed by atoms with Crippen molar-refractivity contribution in [2.24, 2.45) is 5.92 Å². The number of hydrogen-bond donors (Lipinski definition) is 2. The van der Waals surface area contributed by atoms with Crippen molar-refractivity contribution in [1.82, 2.24) is 9.55 Å². The number of carbonyl (C=O) groups excluding carboxylic acids is 1. The molecule has 20 heavy (non-hydrogen) atoms. The van der Waals surface area contributed by atoms with Crippen LogP contribution in [0.3, 0.4) is 0 Å². The molecule has 110 valence electrons. The second-order valence-corrected chi connectivity index (χ2v) is 4.63. The standard InChI is InChI=1S/C12H16N2O6/c1-7(16)19-6-8-4-11(20-9(8)5-15)14-3-2-10(17)13-12(14)18/h2-3,8-9,11,15H,4-6H2,1H3,(H,13,17,18). The molecule has 1 aromatic heterocycles. The first-order valence-corrected chi connectivity index (χ1v) is 6.22. The molecule has 1 aromatic rings. The number of esters is 1. The van der Waals surface area contributed by atoms with Crippen molar-refractivity contribution < 1.29 is 19.4 Å². The van der Waals surface area contributed by atoms with Gasteiger partial charge in [-0.2, -0.15) is 0 Å². The zero-order chi connectivity index (χ0) is 14.7. The van der Waals surface area contributed by atoms with Gasteiger partial charge in [-0.3, -0.25) is 19.1 Å². The van der Waals surface area contributed by atoms with E-state index in [1.165, 1.54) is 23.8 Å². The molecule has 3 unspecified atom stereocenters. The molecule has 0 spiro atoms. The molecule has 0 aliphatic carbocycles. The van der Waals surface area contributed by atoms with Crippen LogP contribution in [0.1, 0.15) is 19.6 Å². The van der Waals surface area contributed by atoms with Gasteiger partial charge in [0.25, 0.3) is 5.56 Å². The number of aliphatic hydroxyl groups excluding tert-OH is 1. The molecule has 1 fully saturated rings. The van der Waals surface area contributed by atoms with Crippen LogP contribution < -0.4 is 11.2 Å². The van der Waals surface area contributed by atoms with Gasteiger partial charge in [0.2, 0.25) is 0 Å². The van der Waals surface area contributed by atoms with Crippen molar-refractivity contribution in [3.63, 3.8) is 0 Å². The molecule has 3 atom stereocenters. The minimum atomic E-state index is -0.600. The Morgan fingerprint density at radius 2 is 2.35 bits per heavy atom. The van der Waals surface area contributed by atoms with Crippen molar-refractivity contribution in [2.75, 3.05) is 13.2 Å². The molecule has 0 saturated carbocycles. The quantitative estimate of drug-likeness (QED) is 0.686. The average Bonchev–Trinajstić information content (AvgIpc) is 2.79. The van der Waals surface area contributed by atoms with E-state index in [4.69, 9.17) is 9.47 Å². The topological polar surface area (TPSA) is 111 Å². The van der Waals surface area contributed by atoms with Gasteiger partial charge < -0.3 is 14.6 Å². The van der Waals surface area contributed by atoms with Crippen LogP contribution in [0.4, 0.5) is 0 Å². The van der Waals surface area contributed by atoms with Gasteiger partial charge in [-0.25, -0.2) is 4.79 Å². The second-order valence-electron chi connectivity index (χ2n) is 4.63. The number of ether oxygens (including phenoxy) is 2. The molecule has 0 aromatic carbocycles. The maximum Gasteiger partial charge on any atom is 0.330 e. The first-order chi connectivity index (χ1) is 9.51. The Labute approximate surface area is 114 Å². The summed E-state index contributed by atoms with van der Waals surface area (Å²) in [5.74, 6) is -0.612. The molecule has 2 heterocycles. The van der Waals surface area contributed by atoms with E-state index >= 15 is 0 Å². The molecule has 0 amide bonds. The van der Waals surface area contributed by atoms with Crippen molar-refractivity contribution in [2.45, 2.75) is 25.7 Å². The number of nitrogens with zero attached hydrogens (tertiary/aromatic N) is 1. The zero-order valence-electron chi connectivity index (χ0n) is 10.9. The van der Waals surface area contributed by atoms with Gasteiger partial charge in [0.1, 0.15) is 6.23 Å². The monoisotopic (exact) mass is 284 g/mol. The van der Waals surface area contributed by atoms with Crippen LogP contribution in [0, 0.1) is 5.92 Å². The maximum absolute atomic E-state index is 11.7. The van der Waals surface area contributed by atoms with E-state index in [0.29, 0.717) is 6.42 Å². The highest BCUT2D eigenvalue weighted by atomic mass is 16.5. The summed E-state index contributed by atoms with van der Waals surface area (Å²) in [4.78, 5) is 35.6. The molecule has 8 heteroatoms. The summed E-state index contributed by atoms with van der Waals surface area (Å²) in [6, 6.07) is 1.22. The highest BCUT2D eigenvalue weighted by molar-refractivity contribution is 5.65. The molecule has 0 bridgehead atoms. The SMILES string of the molecule is CC(=O)OCC1CC(n2ccc(=O)[nH]c2=O)OC1CO. The molecule has 2 N–H and O–H groups in total. The van der Waals surface area contributed by atoms with Crippen molar-refractivity contribution in [3.05, 3.63) is 33.1 Å². The van der Waals surface area contributed by atoms with E-state index in [-0.39, 0.29) is 19.1 Å². The van der Waals surface area contributed by atoms with E-state index in [9.17, 15) is 19.5 Å². The summed E-state index contributed by atoms with van der Waals surface area (Å²) in [5.41, 5.74) is -1.06. The van der Waals surface area contributed by atoms with E-state index in [2.05, 4.69) is 4.98 Å². The fourth-order valence-corrected chi connectivity index (χ4v) is 2.20. The average molecular weight is 284 g/mol. The Morgan fingerprint density at radius 1 is 1.60 bits per heavy atom. The fourth-order valence-electron chi connectivity index (χ4n) is 2.20. The Bertz CT molecular complexity index is 592. The molecular weight excluding hydrogens is 268 g/mol. The van der Waals surface area contributed by atoms with Crippen LogP contribution in [0.15, 0.2) is 21.9 Å². The van der Waals surface area contributed by atoms with E-state index in [0.717, 1.165) is 0 Å². The maximum atomic E-state index is 11.7. The Balaban J connectivity index is 2.13. The zero-order valence-corrected chi connectivity index (χ0v) is 10.9. The van der Waals surface area contributed by atoms with Gasteiger partial charge in [-0.15, -0.1) is 0 Å². The molecule has 1 saturated heterocycles. The van der Waals surface area contributed by atoms with Gasteiger partial charge in [0.15, 0.2) is 0 Å². The van der Waals surface area contributed by atoms with Crippen molar-refractivity contribution >= 4 is 5.97 Å². The minimum Gasteiger partial charge on any atom is -0.465 e. The molecule has 8 nitrogen and oxygen atoms in total. The summed E-state index contributed by atoms with van der Waals surface area (Å²) < 4.78 is 11.7. The molecular formula is C12H16N2O6. The van der Waals surface area contributed by atoms with Crippen LogP contribution in [0.25, 0.3) is 0 Å². The number of H-pyrrole nitrogens is 1. The van der Waals surface area contributed by atoms with Gasteiger partial charge in [-0.05, 0) is 0 Å². The Hall–Kier alpha value is -1.93. The first kappa shape index (κ1) is 14.5. The number of carbonyl (C=O) groups is 1. The van der Waals surface area contributed by atoms with Crippen molar-refractivity contribution in [1.29, 1.82) is 0 Å². The molecule has 1 aliphatic heterocycles. The number of hydrogen-bond acceptors (Lipinski definition) is 6. The van der Waals surface area contributed by atoms with Crippen LogP contribution in [0.2, 0.25) is 0 Å². The third-order valence-electron chi connectivity index (χ3n) is 3.20. The van der Waals surface area contributed by atoms with Crippen LogP contribution in [-0.4, -0.2) is 39.9 Å². The molecule has 1 aliphatic rings. The third kappa shape index (κ3) is 3.14. The van der Waals surface area contributed by atoms with E-state index in [1.54, 1.807) is 0 Å². The summed E-state index contributed by atoms with van der Waals surface area (Å²) in [6.07, 6.45) is 0.633. The number of aliphatic hydroxyl groups is 1. The van der Waals surface area contributed by atoms with Crippen LogP contribution in [0.5, 0.6) is 0 Å². The molecule has 2 rings (SSSR count). The highest BCUT2D eigenvalue weighted by Crippen LogP contribution is 2.32. The van der Waals surface area contributed by atoms with Gasteiger partial charge >= 0.3 is 11.7 Å². The van der Waals surface area contributed by atoms with Gasteiger partial charge in [0.05, 0.1) is 19.3 Å². The fraction of sp³-hybridized carbons (Fsp3) is 0.583. The first-order valence-electron chi connectivity index (χ1n) is 6.22. The minimum absolute atomic E-state index is 0.120. The van der Waals surface area contributed by atoms with Crippen LogP contribution >= 0.6 is 0 Å². The van der Waals surface area contributed by atoms with Crippen LogP contribution in [-0.2, 0) is 14.3 Å². The van der Waals surface area contributed by atoms with Gasteiger partial charge in [0, 0.05) is 31.5 Å². The summed E-state index contributed by atoms with van der Waals surface area (Å²) in [6.45, 7) is 1.18. The summed E-state index contributed by atoms with van der Waals surface area (Å²) in [7, 11) is 0. The van der Waals surface area contributed by atoms with Crippen molar-refractivity contribution in [3.8, 4) is 0 Å². The Kier molecular flexibility index (Phi) is 4.35. The normalized spacial score (nSPS) is 25.6. The lowest BCUT2D eigenvalue weighted by atomic mass is 10.0. The number of rotatable bonds is 4. The highest BCUT2D eigenvalue weighted by Gasteiger charge is 2.36.